The molecule has 0 spiro atoms. The van der Waals surface area contributed by atoms with Crippen LogP contribution >= 0.6 is 0 Å². The van der Waals surface area contributed by atoms with E-state index < -0.39 is 19.0 Å². The van der Waals surface area contributed by atoms with Gasteiger partial charge in [0.1, 0.15) is 19.0 Å². The summed E-state index contributed by atoms with van der Waals surface area (Å²) >= 11 is 0. The zero-order chi connectivity index (χ0) is 26.9. The van der Waals surface area contributed by atoms with Gasteiger partial charge in [-0.2, -0.15) is 0 Å². The van der Waals surface area contributed by atoms with Crippen LogP contribution < -0.4 is 0 Å². The summed E-state index contributed by atoms with van der Waals surface area (Å²) in [7, 11) is -1.09. The first-order chi connectivity index (χ1) is 18.2. The molecule has 0 heterocycles. The second kappa shape index (κ2) is 10.5. The van der Waals surface area contributed by atoms with Gasteiger partial charge in [0.25, 0.3) is 0 Å². The molecule has 2 heteroatoms. The fourth-order valence-electron chi connectivity index (χ4n) is 4.86. The second-order valence-electron chi connectivity index (χ2n) is 12.2. The lowest BCUT2D eigenvalue weighted by Crippen LogP contribution is -2.09. The van der Waals surface area contributed by atoms with Gasteiger partial charge in [-0.3, -0.25) is 0 Å². The van der Waals surface area contributed by atoms with Crippen molar-refractivity contribution in [3.8, 4) is 22.9 Å². The summed E-state index contributed by atoms with van der Waals surface area (Å²) in [6.45, 7) is 14.0. The first-order valence-electron chi connectivity index (χ1n) is 14.0. The Morgan fingerprint density at radius 1 is 0.526 bits per heavy atom. The Morgan fingerprint density at radius 2 is 0.816 bits per heavy atom. The third-order valence-corrected chi connectivity index (χ3v) is 11.9. The highest BCUT2D eigenvalue weighted by atomic mass is 28.2. The van der Waals surface area contributed by atoms with Gasteiger partial charge in [0, 0.05) is 11.1 Å². The van der Waals surface area contributed by atoms with Crippen molar-refractivity contribution in [2.75, 3.05) is 0 Å². The van der Waals surface area contributed by atoms with Crippen LogP contribution in [0.1, 0.15) is 65.5 Å². The van der Waals surface area contributed by atoms with Crippen molar-refractivity contribution in [1.29, 1.82) is 0 Å². The van der Waals surface area contributed by atoms with E-state index >= 15 is 0 Å². The smallest absolute Gasteiger partial charge is 0.113 e. The third kappa shape index (κ3) is 5.30. The zero-order valence-electron chi connectivity index (χ0n) is 23.8. The van der Waals surface area contributed by atoms with Crippen LogP contribution in [-0.4, -0.2) is 19.0 Å². The molecule has 0 saturated carbocycles. The van der Waals surface area contributed by atoms with E-state index in [0.717, 1.165) is 0 Å². The molecule has 0 radical (unpaired) electrons. The highest BCUT2D eigenvalue weighted by Crippen LogP contribution is 2.37. The van der Waals surface area contributed by atoms with E-state index in [2.05, 4.69) is 137 Å². The number of hydrogen-bond acceptors (Lipinski definition) is 0. The summed E-state index contributed by atoms with van der Waals surface area (Å²) in [5.41, 5.74) is 9.78. The van der Waals surface area contributed by atoms with Crippen LogP contribution in [0.2, 0.25) is 10.1 Å². The van der Waals surface area contributed by atoms with E-state index in [1.54, 1.807) is 0 Å². The van der Waals surface area contributed by atoms with Gasteiger partial charge in [0.2, 0.25) is 0 Å². The molecule has 5 aromatic rings. The van der Waals surface area contributed by atoms with Gasteiger partial charge in [-0.25, -0.2) is 0 Å². The van der Waals surface area contributed by atoms with Gasteiger partial charge in [-0.15, -0.1) is 11.1 Å². The zero-order valence-corrected chi connectivity index (χ0v) is 26.6. The molecular weight excluding hydrogens is 489 g/mol. The van der Waals surface area contributed by atoms with Gasteiger partial charge in [-0.05, 0) is 77.4 Å². The van der Waals surface area contributed by atoms with Crippen LogP contribution in [0.4, 0.5) is 0 Å². The monoisotopic (exact) mass is 526 g/mol. The molecule has 0 aliphatic rings. The minimum Gasteiger partial charge on any atom is -0.134 e. The first kappa shape index (κ1) is 26.3. The Balaban J connectivity index is 1.89. The predicted molar refractivity (Wildman–Crippen MR) is 176 cm³/mol. The topological polar surface area (TPSA) is 0 Å². The van der Waals surface area contributed by atoms with Crippen molar-refractivity contribution in [3.05, 3.63) is 83.9 Å². The molecule has 38 heavy (non-hydrogen) atoms. The largest absolute Gasteiger partial charge is 0.134 e. The number of fused-ring (bicyclic) bond motifs is 4. The average Bonchev–Trinajstić information content (AvgIpc) is 2.92. The van der Waals surface area contributed by atoms with Crippen LogP contribution in [0, 0.1) is 22.9 Å². The van der Waals surface area contributed by atoms with Crippen molar-refractivity contribution < 1.29 is 0 Å². The lowest BCUT2D eigenvalue weighted by atomic mass is 9.89. The lowest BCUT2D eigenvalue weighted by Gasteiger charge is -2.18. The van der Waals surface area contributed by atoms with Crippen molar-refractivity contribution in [2.45, 2.75) is 64.5 Å². The summed E-state index contributed by atoms with van der Waals surface area (Å²) in [6.07, 6.45) is 2.36. The second-order valence-corrected chi connectivity index (χ2v) is 17.5. The van der Waals surface area contributed by atoms with E-state index in [1.807, 2.05) is 0 Å². The highest BCUT2D eigenvalue weighted by molar-refractivity contribution is 6.50. The Labute approximate surface area is 232 Å². The quantitative estimate of drug-likeness (QED) is 0.125. The summed E-state index contributed by atoms with van der Waals surface area (Å²) < 4.78 is 0. The molecule has 0 aromatic heterocycles. The highest BCUT2D eigenvalue weighted by Gasteiger charge is 2.17. The Morgan fingerprint density at radius 3 is 1.08 bits per heavy atom. The van der Waals surface area contributed by atoms with Gasteiger partial charge < -0.3 is 0 Å². The van der Waals surface area contributed by atoms with E-state index in [1.165, 1.54) is 67.1 Å². The molecule has 190 valence electrons. The van der Waals surface area contributed by atoms with Gasteiger partial charge in [0.05, 0.1) is 0 Å². The maximum Gasteiger partial charge on any atom is 0.113 e. The fourth-order valence-corrected chi connectivity index (χ4v) is 6.85. The molecule has 0 fully saturated rings. The van der Waals surface area contributed by atoms with Crippen molar-refractivity contribution in [2.24, 2.45) is 0 Å². The molecule has 0 saturated heterocycles. The van der Waals surface area contributed by atoms with Crippen LogP contribution in [0.15, 0.2) is 72.8 Å². The molecule has 0 unspecified atom stereocenters. The summed E-state index contributed by atoms with van der Waals surface area (Å²) in [6, 6.07) is 26.8. The number of rotatable bonds is 4. The SMILES string of the molecule is CCC(C)(C)[SiH2]C#Cc1c2cc3ccccc3cc2c(C#C[SiH2]C(C)(C)CC)c2cc3ccccc3cc12. The van der Waals surface area contributed by atoms with Crippen molar-refractivity contribution >= 4 is 62.1 Å². The summed E-state index contributed by atoms with van der Waals surface area (Å²) in [4.78, 5) is 0. The van der Waals surface area contributed by atoms with Crippen LogP contribution in [-0.2, 0) is 0 Å². The summed E-state index contributed by atoms with van der Waals surface area (Å²) in [5, 5.41) is 10.7. The van der Waals surface area contributed by atoms with E-state index in [-0.39, 0.29) is 0 Å². The summed E-state index contributed by atoms with van der Waals surface area (Å²) in [5.74, 6) is 7.48. The molecule has 0 aliphatic heterocycles. The van der Waals surface area contributed by atoms with Crippen LogP contribution in [0.5, 0.6) is 0 Å². The number of hydrogen-bond donors (Lipinski definition) is 0. The van der Waals surface area contributed by atoms with Crippen molar-refractivity contribution in [3.63, 3.8) is 0 Å². The number of benzene rings is 5. The Bertz CT molecular complexity index is 1570. The van der Waals surface area contributed by atoms with E-state index in [0.29, 0.717) is 10.1 Å². The Kier molecular flexibility index (Phi) is 7.24. The average molecular weight is 527 g/mol. The molecule has 5 aromatic carbocycles. The molecule has 0 bridgehead atoms. The van der Waals surface area contributed by atoms with Crippen LogP contribution in [0.25, 0.3) is 43.1 Å². The van der Waals surface area contributed by atoms with E-state index in [4.69, 9.17) is 0 Å². The normalized spacial score (nSPS) is 12.6. The molecule has 0 N–H and O–H groups in total. The first-order valence-corrected chi connectivity index (χ1v) is 16.8. The molecule has 0 aliphatic carbocycles. The van der Waals surface area contributed by atoms with E-state index in [9.17, 15) is 0 Å². The van der Waals surface area contributed by atoms with Gasteiger partial charge >= 0.3 is 0 Å². The minimum atomic E-state index is -0.545. The standard InChI is InChI=1S/C36H38Si2/c1-7-35(3,4)37-19-17-29-31-21-25-13-9-11-15-27(25)23-33(31)30(18-20-38-36(5,6)8-2)34-24-28-16-12-10-14-26(28)22-32(29)34/h9-16,21-24H,7-8,37-38H2,1-6H3. The van der Waals surface area contributed by atoms with Gasteiger partial charge in [-0.1, -0.05) is 115 Å². The molecular formula is C36H38Si2. The maximum absolute atomic E-state index is 3.74. The Hall–Kier alpha value is -3.31. The van der Waals surface area contributed by atoms with Crippen LogP contribution in [0.3, 0.4) is 0 Å². The fraction of sp³-hybridized carbons (Fsp3) is 0.278. The predicted octanol–water partition coefficient (Wildman–Crippen LogP) is 8.47. The third-order valence-electron chi connectivity index (χ3n) is 8.32. The van der Waals surface area contributed by atoms with Crippen molar-refractivity contribution in [1.82, 2.24) is 0 Å². The molecule has 0 nitrogen and oxygen atoms in total. The maximum atomic E-state index is 3.74. The molecule has 5 rings (SSSR count). The molecule has 0 atom stereocenters. The minimum absolute atomic E-state index is 0.347. The lowest BCUT2D eigenvalue weighted by molar-refractivity contribution is 0.648. The van der Waals surface area contributed by atoms with Gasteiger partial charge in [0.15, 0.2) is 0 Å². The molecule has 0 amide bonds.